The van der Waals surface area contributed by atoms with Crippen LogP contribution in [0.2, 0.25) is 0 Å². The van der Waals surface area contributed by atoms with E-state index in [1.165, 1.54) is 11.6 Å². The van der Waals surface area contributed by atoms with E-state index in [0.29, 0.717) is 37.1 Å². The van der Waals surface area contributed by atoms with E-state index in [1.54, 1.807) is 24.9 Å². The van der Waals surface area contributed by atoms with Crippen LogP contribution in [0.1, 0.15) is 76.1 Å². The lowest BCUT2D eigenvalue weighted by Crippen LogP contribution is -2.64. The van der Waals surface area contributed by atoms with Gasteiger partial charge >= 0.3 is 12.2 Å². The standard InChI is InChI=1S/C29H38F3N3O2/c1-17(2)21-14-22(16-23(15-21)29(30,31)32)20(5)33(6)28(37)35-13-12-34-25(10-11-26(34)36)27(35)24-9-7-8-18(3)19(24)4/h7-9,14-17,19-20,24-25,27H,10-13H2,1-6H3/t19?,20-,24?,25+,27+/m1/s1. The van der Waals surface area contributed by atoms with Crippen LogP contribution in [-0.4, -0.2) is 58.9 Å². The molecule has 1 aromatic carbocycles. The number of benzene rings is 1. The largest absolute Gasteiger partial charge is 0.416 e. The van der Waals surface area contributed by atoms with Gasteiger partial charge in [0.05, 0.1) is 23.7 Å². The summed E-state index contributed by atoms with van der Waals surface area (Å²) in [6.07, 6.45) is 2.98. The average Bonchev–Trinajstić information content (AvgIpc) is 3.23. The molecule has 1 aromatic rings. The zero-order chi connectivity index (χ0) is 27.2. The summed E-state index contributed by atoms with van der Waals surface area (Å²) >= 11 is 0. The first-order valence-electron chi connectivity index (χ1n) is 13.2. The number of piperazine rings is 1. The number of rotatable bonds is 4. The molecule has 0 aromatic heterocycles. The second kappa shape index (κ2) is 10.2. The maximum absolute atomic E-state index is 14.0. The molecule has 202 valence electrons. The number of halogens is 3. The Morgan fingerprint density at radius 2 is 1.78 bits per heavy atom. The Hall–Kier alpha value is -2.77. The van der Waals surface area contributed by atoms with Gasteiger partial charge in [-0.3, -0.25) is 4.79 Å². The van der Waals surface area contributed by atoms with Crippen molar-refractivity contribution < 1.29 is 22.8 Å². The molecule has 5 atom stereocenters. The van der Waals surface area contributed by atoms with Gasteiger partial charge in [0.15, 0.2) is 0 Å². The zero-order valence-electron chi connectivity index (χ0n) is 22.5. The first-order valence-corrected chi connectivity index (χ1v) is 13.2. The number of amides is 3. The van der Waals surface area contributed by atoms with E-state index in [9.17, 15) is 22.8 Å². The number of nitrogens with zero attached hydrogens (tertiary/aromatic N) is 3. The number of alkyl halides is 3. The average molecular weight is 518 g/mol. The Morgan fingerprint density at radius 3 is 2.43 bits per heavy atom. The molecule has 5 nitrogen and oxygen atoms in total. The van der Waals surface area contributed by atoms with E-state index in [2.05, 4.69) is 26.0 Å². The molecule has 3 aliphatic rings. The molecule has 0 spiro atoms. The Kier molecular flexibility index (Phi) is 7.50. The molecule has 2 saturated heterocycles. The molecule has 2 heterocycles. The van der Waals surface area contributed by atoms with Gasteiger partial charge in [0.2, 0.25) is 5.91 Å². The highest BCUT2D eigenvalue weighted by atomic mass is 19.4. The van der Waals surface area contributed by atoms with E-state index in [4.69, 9.17) is 0 Å². The summed E-state index contributed by atoms with van der Waals surface area (Å²) in [7, 11) is 1.66. The fourth-order valence-electron chi connectivity index (χ4n) is 6.04. The normalized spacial score (nSPS) is 26.9. The van der Waals surface area contributed by atoms with Crippen LogP contribution in [0.25, 0.3) is 0 Å². The van der Waals surface area contributed by atoms with Gasteiger partial charge in [0, 0.05) is 32.5 Å². The van der Waals surface area contributed by atoms with Crippen molar-refractivity contribution in [2.45, 2.75) is 77.7 Å². The molecule has 2 unspecified atom stereocenters. The molecule has 0 saturated carbocycles. The first kappa shape index (κ1) is 27.3. The van der Waals surface area contributed by atoms with Gasteiger partial charge in [0.1, 0.15) is 0 Å². The summed E-state index contributed by atoms with van der Waals surface area (Å²) in [5.41, 5.74) is 1.59. The van der Waals surface area contributed by atoms with E-state index in [0.717, 1.165) is 6.07 Å². The second-order valence-electron chi connectivity index (χ2n) is 11.1. The fourth-order valence-corrected chi connectivity index (χ4v) is 6.04. The third-order valence-corrected chi connectivity index (χ3v) is 8.68. The smallest absolute Gasteiger partial charge is 0.336 e. The summed E-state index contributed by atoms with van der Waals surface area (Å²) in [5, 5.41) is 0. The van der Waals surface area contributed by atoms with Gasteiger partial charge in [0.25, 0.3) is 0 Å². The lowest BCUT2D eigenvalue weighted by atomic mass is 9.75. The van der Waals surface area contributed by atoms with Crippen LogP contribution in [0.15, 0.2) is 42.0 Å². The molecule has 1 aliphatic carbocycles. The molecule has 3 amide bonds. The number of fused-ring (bicyclic) bond motifs is 1. The second-order valence-corrected chi connectivity index (χ2v) is 11.1. The van der Waals surface area contributed by atoms with E-state index >= 15 is 0 Å². The predicted octanol–water partition coefficient (Wildman–Crippen LogP) is 6.39. The number of allylic oxidation sites excluding steroid dienone is 3. The van der Waals surface area contributed by atoms with Crippen molar-refractivity contribution >= 4 is 11.9 Å². The van der Waals surface area contributed by atoms with Crippen molar-refractivity contribution in [3.8, 4) is 0 Å². The topological polar surface area (TPSA) is 43.9 Å². The predicted molar refractivity (Wildman–Crippen MR) is 138 cm³/mol. The van der Waals surface area contributed by atoms with Crippen molar-refractivity contribution in [1.82, 2.24) is 14.7 Å². The van der Waals surface area contributed by atoms with E-state index in [1.807, 2.05) is 29.7 Å². The highest BCUT2D eigenvalue weighted by Gasteiger charge is 2.49. The third kappa shape index (κ3) is 5.16. The quantitative estimate of drug-likeness (QED) is 0.465. The summed E-state index contributed by atoms with van der Waals surface area (Å²) in [6, 6.07) is 3.11. The van der Waals surface area contributed by atoms with Crippen molar-refractivity contribution in [2.75, 3.05) is 20.1 Å². The van der Waals surface area contributed by atoms with Crippen molar-refractivity contribution in [2.24, 2.45) is 11.8 Å². The lowest BCUT2D eigenvalue weighted by molar-refractivity contribution is -0.137. The Labute approximate surface area is 218 Å². The minimum Gasteiger partial charge on any atom is -0.336 e. The minimum atomic E-state index is -4.47. The van der Waals surface area contributed by atoms with Crippen LogP contribution in [0.3, 0.4) is 0 Å². The maximum atomic E-state index is 14.0. The molecule has 0 N–H and O–H groups in total. The number of urea groups is 1. The number of hydrogen-bond acceptors (Lipinski definition) is 2. The summed E-state index contributed by atoms with van der Waals surface area (Å²) in [6.45, 7) is 10.6. The van der Waals surface area contributed by atoms with E-state index in [-0.39, 0.29) is 41.8 Å². The zero-order valence-corrected chi connectivity index (χ0v) is 22.5. The van der Waals surface area contributed by atoms with Crippen LogP contribution < -0.4 is 0 Å². The van der Waals surface area contributed by atoms with Gasteiger partial charge in [-0.05, 0) is 55.4 Å². The van der Waals surface area contributed by atoms with Crippen molar-refractivity contribution in [3.63, 3.8) is 0 Å². The molecule has 8 heteroatoms. The molecule has 37 heavy (non-hydrogen) atoms. The van der Waals surface area contributed by atoms with Crippen LogP contribution in [0.5, 0.6) is 0 Å². The lowest BCUT2D eigenvalue weighted by Gasteiger charge is -2.50. The molecule has 2 fully saturated rings. The fraction of sp³-hybridized carbons (Fsp3) is 0.586. The number of carbonyl (C=O) groups is 2. The molecular formula is C29H38F3N3O2. The van der Waals surface area contributed by atoms with E-state index < -0.39 is 17.8 Å². The third-order valence-electron chi connectivity index (χ3n) is 8.68. The number of hydrogen-bond donors (Lipinski definition) is 0. The van der Waals surface area contributed by atoms with Gasteiger partial charge in [-0.2, -0.15) is 13.2 Å². The molecule has 4 rings (SSSR count). The van der Waals surface area contributed by atoms with Gasteiger partial charge in [-0.15, -0.1) is 0 Å². The van der Waals surface area contributed by atoms with Gasteiger partial charge in [-0.25, -0.2) is 4.79 Å². The Balaban J connectivity index is 1.66. The molecule has 0 radical (unpaired) electrons. The van der Waals surface area contributed by atoms with Crippen LogP contribution in [0.4, 0.5) is 18.0 Å². The summed E-state index contributed by atoms with van der Waals surface area (Å²) in [5.74, 6) is 0.314. The maximum Gasteiger partial charge on any atom is 0.416 e. The van der Waals surface area contributed by atoms with Gasteiger partial charge < -0.3 is 14.7 Å². The SMILES string of the molecule is CC1=CC=CC([C@H]2[C@@H]3CCC(=O)N3CCN2C(=O)N(C)[C@H](C)c2cc(C(C)C)cc(C(F)(F)F)c2)C1C. The van der Waals surface area contributed by atoms with Crippen LogP contribution >= 0.6 is 0 Å². The minimum absolute atomic E-state index is 0.0532. The Bertz CT molecular complexity index is 1110. The number of carbonyl (C=O) groups excluding carboxylic acids is 2. The van der Waals surface area contributed by atoms with Crippen LogP contribution in [0, 0.1) is 11.8 Å². The van der Waals surface area contributed by atoms with Gasteiger partial charge in [-0.1, -0.05) is 50.6 Å². The van der Waals surface area contributed by atoms with Crippen molar-refractivity contribution in [1.29, 1.82) is 0 Å². The first-order chi connectivity index (χ1) is 17.3. The monoisotopic (exact) mass is 517 g/mol. The molecule has 0 bridgehead atoms. The Morgan fingerprint density at radius 1 is 1.11 bits per heavy atom. The van der Waals surface area contributed by atoms with Crippen LogP contribution in [-0.2, 0) is 11.0 Å². The molecule has 2 aliphatic heterocycles. The highest BCUT2D eigenvalue weighted by Crippen LogP contribution is 2.40. The highest BCUT2D eigenvalue weighted by molar-refractivity contribution is 5.81. The molecular weight excluding hydrogens is 479 g/mol. The summed E-state index contributed by atoms with van der Waals surface area (Å²) in [4.78, 5) is 31.9. The summed E-state index contributed by atoms with van der Waals surface area (Å²) < 4.78 is 41.0. The van der Waals surface area contributed by atoms with Crippen molar-refractivity contribution in [3.05, 3.63) is 58.7 Å².